The first-order valence-electron chi connectivity index (χ1n) is 20.5. The van der Waals surface area contributed by atoms with Gasteiger partial charge in [0.25, 0.3) is 0 Å². The minimum atomic E-state index is 0.868. The van der Waals surface area contributed by atoms with Crippen LogP contribution in [0, 0.1) is 0 Å². The predicted octanol–water partition coefficient (Wildman–Crippen LogP) is 14.6. The fourth-order valence-corrected chi connectivity index (χ4v) is 9.11. The zero-order chi connectivity index (χ0) is 39.3. The van der Waals surface area contributed by atoms with Gasteiger partial charge in [-0.3, -0.25) is 0 Å². The third-order valence-corrected chi connectivity index (χ3v) is 12.0. The highest BCUT2D eigenvalue weighted by molar-refractivity contribution is 6.15. The summed E-state index contributed by atoms with van der Waals surface area (Å²) in [5.74, 6) is 0. The van der Waals surface area contributed by atoms with Crippen molar-refractivity contribution in [3.8, 4) is 22.5 Å². The van der Waals surface area contributed by atoms with Crippen molar-refractivity contribution in [1.82, 2.24) is 9.13 Å². The standard InChI is InChI=1S/C56H41N3/c1-38-28-29-43(36-51(57-56(38)42-18-6-3-7-19-42)41-32-30-40(31-33-41)39-16-4-2-5-17-39)44-34-45(58-52-24-12-8-20-47(52)48-21-9-13-25-53(48)58)37-46(35-44)59-54-26-14-10-22-49(54)50-23-11-15-27-55(50)59/h2-27,30-37H,28-29H2,1H3/b43-36+,56-38?,57-51?. The lowest BCUT2D eigenvalue weighted by Gasteiger charge is -2.20. The van der Waals surface area contributed by atoms with Crippen LogP contribution < -0.4 is 0 Å². The summed E-state index contributed by atoms with van der Waals surface area (Å²) < 4.78 is 4.90. The lowest BCUT2D eigenvalue weighted by atomic mass is 9.91. The topological polar surface area (TPSA) is 22.2 Å². The summed E-state index contributed by atoms with van der Waals surface area (Å²) in [5.41, 5.74) is 17.4. The Bertz CT molecular complexity index is 3060. The highest BCUT2D eigenvalue weighted by Crippen LogP contribution is 2.39. The van der Waals surface area contributed by atoms with E-state index in [0.29, 0.717) is 0 Å². The van der Waals surface area contributed by atoms with Crippen molar-refractivity contribution in [1.29, 1.82) is 0 Å². The molecule has 3 heterocycles. The van der Waals surface area contributed by atoms with E-state index in [1.807, 2.05) is 0 Å². The number of benzene rings is 8. The molecule has 0 saturated heterocycles. The maximum atomic E-state index is 5.55. The van der Waals surface area contributed by atoms with Gasteiger partial charge in [-0.2, -0.15) is 0 Å². The number of hydrogen-bond acceptors (Lipinski definition) is 1. The number of rotatable bonds is 6. The van der Waals surface area contributed by atoms with Crippen molar-refractivity contribution in [2.75, 3.05) is 0 Å². The van der Waals surface area contributed by atoms with Crippen LogP contribution in [0.1, 0.15) is 36.5 Å². The number of allylic oxidation sites excluding steroid dienone is 3. The number of fused-ring (bicyclic) bond motifs is 6. The summed E-state index contributed by atoms with van der Waals surface area (Å²) in [6, 6.07) is 72.5. The molecule has 0 aliphatic carbocycles. The average molecular weight is 756 g/mol. The molecule has 0 saturated carbocycles. The molecule has 0 amide bonds. The van der Waals surface area contributed by atoms with Gasteiger partial charge in [0.1, 0.15) is 0 Å². The van der Waals surface area contributed by atoms with Gasteiger partial charge < -0.3 is 9.13 Å². The molecule has 3 heteroatoms. The largest absolute Gasteiger partial charge is 0.309 e. The Morgan fingerprint density at radius 3 is 1.27 bits per heavy atom. The Morgan fingerprint density at radius 1 is 0.373 bits per heavy atom. The van der Waals surface area contributed by atoms with Crippen molar-refractivity contribution in [2.45, 2.75) is 19.8 Å². The molecule has 280 valence electrons. The second-order valence-electron chi connectivity index (χ2n) is 15.6. The molecule has 10 aromatic rings. The normalized spacial score (nSPS) is 14.4. The summed E-state index contributed by atoms with van der Waals surface area (Å²) in [4.78, 5) is 5.55. The van der Waals surface area contributed by atoms with Gasteiger partial charge in [-0.25, -0.2) is 4.99 Å². The van der Waals surface area contributed by atoms with Crippen LogP contribution >= 0.6 is 0 Å². The van der Waals surface area contributed by atoms with Gasteiger partial charge in [-0.05, 0) is 96.1 Å². The summed E-state index contributed by atoms with van der Waals surface area (Å²) in [7, 11) is 0. The molecule has 2 aromatic heterocycles. The minimum Gasteiger partial charge on any atom is -0.309 e. The summed E-state index contributed by atoms with van der Waals surface area (Å²) in [6.45, 7) is 2.25. The van der Waals surface area contributed by atoms with Crippen LogP contribution in [0.5, 0.6) is 0 Å². The second-order valence-corrected chi connectivity index (χ2v) is 15.6. The first-order valence-corrected chi connectivity index (χ1v) is 20.5. The van der Waals surface area contributed by atoms with Gasteiger partial charge >= 0.3 is 0 Å². The minimum absolute atomic E-state index is 0.868. The van der Waals surface area contributed by atoms with Crippen molar-refractivity contribution in [3.63, 3.8) is 0 Å². The van der Waals surface area contributed by atoms with E-state index in [4.69, 9.17) is 4.99 Å². The summed E-state index contributed by atoms with van der Waals surface area (Å²) >= 11 is 0. The van der Waals surface area contributed by atoms with Crippen LogP contribution in [0.2, 0.25) is 0 Å². The molecule has 0 N–H and O–H groups in total. The highest BCUT2D eigenvalue weighted by Gasteiger charge is 2.20. The Balaban J connectivity index is 1.17. The van der Waals surface area contributed by atoms with Gasteiger partial charge in [0.15, 0.2) is 0 Å². The molecule has 3 nitrogen and oxygen atoms in total. The summed E-state index contributed by atoms with van der Waals surface area (Å²) in [5, 5.41) is 5.00. The fraction of sp³-hybridized carbons (Fsp3) is 0.0536. The van der Waals surface area contributed by atoms with Crippen molar-refractivity contribution >= 4 is 60.6 Å². The van der Waals surface area contributed by atoms with E-state index in [1.54, 1.807) is 0 Å². The van der Waals surface area contributed by atoms with Crippen LogP contribution in [0.4, 0.5) is 0 Å². The molecule has 1 aliphatic rings. The summed E-state index contributed by atoms with van der Waals surface area (Å²) in [6.07, 6.45) is 4.12. The zero-order valence-corrected chi connectivity index (χ0v) is 32.9. The Morgan fingerprint density at radius 2 is 0.780 bits per heavy atom. The van der Waals surface area contributed by atoms with Gasteiger partial charge in [0, 0.05) is 44.0 Å². The van der Waals surface area contributed by atoms with Gasteiger partial charge in [-0.15, -0.1) is 0 Å². The van der Waals surface area contributed by atoms with Crippen LogP contribution in [0.25, 0.3) is 77.4 Å². The number of para-hydroxylation sites is 4. The molecule has 0 radical (unpaired) electrons. The SMILES string of the molecule is CC1=C(c2ccccc2)N=C(c2ccc(-c3ccccc3)cc2)/C=C(/c2cc(-n3c4ccccc4c4ccccc43)cc(-n3c4ccccc4c4ccccc43)c2)CC1. The monoisotopic (exact) mass is 755 g/mol. The van der Waals surface area contributed by atoms with Crippen LogP contribution in [0.15, 0.2) is 217 Å². The van der Waals surface area contributed by atoms with E-state index in [2.05, 4.69) is 222 Å². The van der Waals surface area contributed by atoms with E-state index in [-0.39, 0.29) is 0 Å². The van der Waals surface area contributed by atoms with E-state index < -0.39 is 0 Å². The van der Waals surface area contributed by atoms with E-state index >= 15 is 0 Å². The molecule has 59 heavy (non-hydrogen) atoms. The molecule has 0 bridgehead atoms. The lowest BCUT2D eigenvalue weighted by Crippen LogP contribution is -2.05. The van der Waals surface area contributed by atoms with E-state index in [9.17, 15) is 0 Å². The molecule has 0 unspecified atom stereocenters. The molecular formula is C56H41N3. The first kappa shape index (κ1) is 34.7. The van der Waals surface area contributed by atoms with Crippen LogP contribution in [-0.4, -0.2) is 14.8 Å². The third kappa shape index (κ3) is 6.11. The number of aliphatic imine (C=N–C) groups is 1. The Hall–Kier alpha value is -7.49. The van der Waals surface area contributed by atoms with Crippen molar-refractivity contribution in [3.05, 3.63) is 229 Å². The van der Waals surface area contributed by atoms with Crippen molar-refractivity contribution < 1.29 is 0 Å². The maximum Gasteiger partial charge on any atom is 0.0712 e. The lowest BCUT2D eigenvalue weighted by molar-refractivity contribution is 0.986. The zero-order valence-electron chi connectivity index (χ0n) is 32.9. The maximum absolute atomic E-state index is 5.55. The van der Waals surface area contributed by atoms with Gasteiger partial charge in [0.2, 0.25) is 0 Å². The fourth-order valence-electron chi connectivity index (χ4n) is 9.11. The van der Waals surface area contributed by atoms with Crippen LogP contribution in [-0.2, 0) is 0 Å². The molecule has 0 spiro atoms. The highest BCUT2D eigenvalue weighted by atomic mass is 15.0. The number of hydrogen-bond donors (Lipinski definition) is 0. The first-order chi connectivity index (χ1) is 29.2. The van der Waals surface area contributed by atoms with E-state index in [1.165, 1.54) is 71.4 Å². The average Bonchev–Trinajstić information content (AvgIpc) is 3.82. The Labute approximate surface area is 344 Å². The third-order valence-electron chi connectivity index (χ3n) is 12.0. The smallest absolute Gasteiger partial charge is 0.0712 e. The van der Waals surface area contributed by atoms with E-state index in [0.717, 1.165) is 46.8 Å². The second kappa shape index (κ2) is 14.5. The molecular weight excluding hydrogens is 715 g/mol. The quantitative estimate of drug-likeness (QED) is 0.161. The predicted molar refractivity (Wildman–Crippen MR) is 250 cm³/mol. The van der Waals surface area contributed by atoms with Crippen LogP contribution in [0.3, 0.4) is 0 Å². The molecule has 8 aromatic carbocycles. The number of aromatic nitrogens is 2. The Kier molecular flexibility index (Phi) is 8.52. The molecule has 0 fully saturated rings. The van der Waals surface area contributed by atoms with Gasteiger partial charge in [0.05, 0.1) is 33.5 Å². The van der Waals surface area contributed by atoms with Crippen molar-refractivity contribution in [2.24, 2.45) is 4.99 Å². The molecule has 0 atom stereocenters. The van der Waals surface area contributed by atoms with Gasteiger partial charge in [-0.1, -0.05) is 158 Å². The molecule has 1 aliphatic heterocycles. The molecule has 11 rings (SSSR count). The number of nitrogens with zero attached hydrogens (tertiary/aromatic N) is 3.